The number of rotatable bonds is 19. The van der Waals surface area contributed by atoms with Crippen LogP contribution in [-0.2, 0) is 0 Å². The van der Waals surface area contributed by atoms with Crippen LogP contribution in [0, 0.1) is 35.0 Å². The van der Waals surface area contributed by atoms with Gasteiger partial charge in [-0.2, -0.15) is 0 Å². The van der Waals surface area contributed by atoms with Gasteiger partial charge >= 0.3 is 0 Å². The zero-order valence-corrected chi connectivity index (χ0v) is 36.7. The quantitative estimate of drug-likeness (QED) is 0.126. The van der Waals surface area contributed by atoms with E-state index in [0.29, 0.717) is 17.3 Å². The normalized spacial score (nSPS) is 19.6. The van der Waals surface area contributed by atoms with Crippen LogP contribution in [0.2, 0.25) is 0 Å². The molecule has 0 saturated heterocycles. The topological polar surface area (TPSA) is 0 Å². The van der Waals surface area contributed by atoms with Gasteiger partial charge in [0.15, 0.2) is 0 Å². The van der Waals surface area contributed by atoms with Crippen LogP contribution in [0.3, 0.4) is 0 Å². The van der Waals surface area contributed by atoms with Crippen molar-refractivity contribution in [2.75, 3.05) is 0 Å². The fraction of sp³-hybridized carbons (Fsp3) is 0.654. The molecule has 0 amide bonds. The van der Waals surface area contributed by atoms with Gasteiger partial charge in [0.2, 0.25) is 0 Å². The van der Waals surface area contributed by atoms with Crippen molar-refractivity contribution < 1.29 is 0 Å². The maximum absolute atomic E-state index is 4.75. The summed E-state index contributed by atoms with van der Waals surface area (Å²) >= 11 is 0. The van der Waals surface area contributed by atoms with Gasteiger partial charge in [-0.1, -0.05) is 196 Å². The number of hydrogen-bond acceptors (Lipinski definition) is 0. The van der Waals surface area contributed by atoms with Crippen LogP contribution < -0.4 is 0 Å². The summed E-state index contributed by atoms with van der Waals surface area (Å²) in [6.07, 6.45) is 23.7. The average molecular weight is 709 g/mol. The van der Waals surface area contributed by atoms with E-state index in [0.717, 1.165) is 36.5 Å². The largest absolute Gasteiger partial charge is 0.0953 e. The molecule has 0 heteroatoms. The van der Waals surface area contributed by atoms with E-state index < -0.39 is 0 Å². The molecule has 0 bridgehead atoms. The van der Waals surface area contributed by atoms with E-state index in [2.05, 4.69) is 133 Å². The van der Waals surface area contributed by atoms with E-state index in [1.807, 2.05) is 0 Å². The van der Waals surface area contributed by atoms with Gasteiger partial charge in [0.25, 0.3) is 0 Å². The maximum atomic E-state index is 4.75. The van der Waals surface area contributed by atoms with Crippen molar-refractivity contribution in [3.05, 3.63) is 101 Å². The fourth-order valence-electron chi connectivity index (χ4n) is 8.76. The molecular formula is C52H84. The second-order valence-electron chi connectivity index (χ2n) is 18.2. The summed E-state index contributed by atoms with van der Waals surface area (Å²) in [6.45, 7) is 41.8. The van der Waals surface area contributed by atoms with Crippen molar-refractivity contribution in [1.82, 2.24) is 0 Å². The molecule has 5 atom stereocenters. The lowest BCUT2D eigenvalue weighted by atomic mass is 9.70. The fourth-order valence-corrected chi connectivity index (χ4v) is 8.76. The second kappa shape index (κ2) is 22.8. The third kappa shape index (κ3) is 14.1. The van der Waals surface area contributed by atoms with Gasteiger partial charge in [-0.05, 0) is 131 Å². The molecule has 2 aliphatic carbocycles. The lowest BCUT2D eigenvalue weighted by molar-refractivity contribution is 0.217. The van der Waals surface area contributed by atoms with E-state index in [-0.39, 0.29) is 0 Å². The monoisotopic (exact) mass is 709 g/mol. The molecule has 0 heterocycles. The second-order valence-corrected chi connectivity index (χ2v) is 18.2. The molecule has 292 valence electrons. The summed E-state index contributed by atoms with van der Waals surface area (Å²) in [5.74, 6) is 4.33. The van der Waals surface area contributed by atoms with E-state index in [4.69, 9.17) is 6.58 Å². The van der Waals surface area contributed by atoms with Crippen molar-refractivity contribution >= 4 is 5.57 Å². The summed E-state index contributed by atoms with van der Waals surface area (Å²) < 4.78 is 0. The first-order chi connectivity index (χ1) is 24.6. The Morgan fingerprint density at radius 2 is 1.58 bits per heavy atom. The predicted molar refractivity (Wildman–Crippen MR) is 237 cm³/mol. The first kappa shape index (κ1) is 45.8. The molecule has 0 fully saturated rings. The van der Waals surface area contributed by atoms with Gasteiger partial charge in [0, 0.05) is 0 Å². The molecular weight excluding hydrogens is 625 g/mol. The first-order valence-electron chi connectivity index (χ1n) is 21.9. The Balaban J connectivity index is 0.000000916. The summed E-state index contributed by atoms with van der Waals surface area (Å²) in [5, 5.41) is 0. The van der Waals surface area contributed by atoms with Crippen LogP contribution >= 0.6 is 0 Å². The van der Waals surface area contributed by atoms with Crippen molar-refractivity contribution in [2.24, 2.45) is 35.0 Å². The summed E-state index contributed by atoms with van der Waals surface area (Å²) in [7, 11) is 0. The molecule has 0 N–H and O–H groups in total. The highest BCUT2D eigenvalue weighted by molar-refractivity contribution is 5.64. The smallest absolute Gasteiger partial charge is 0.00229 e. The van der Waals surface area contributed by atoms with E-state index >= 15 is 0 Å². The Morgan fingerprint density at radius 1 is 0.904 bits per heavy atom. The van der Waals surface area contributed by atoms with E-state index in [1.54, 1.807) is 5.57 Å². The van der Waals surface area contributed by atoms with Crippen LogP contribution in [-0.4, -0.2) is 0 Å². The third-order valence-electron chi connectivity index (χ3n) is 13.3. The van der Waals surface area contributed by atoms with Crippen molar-refractivity contribution in [3.63, 3.8) is 0 Å². The van der Waals surface area contributed by atoms with Crippen LogP contribution in [0.1, 0.15) is 196 Å². The van der Waals surface area contributed by atoms with Gasteiger partial charge in [0.05, 0.1) is 0 Å². The minimum Gasteiger partial charge on any atom is -0.0953 e. The summed E-state index contributed by atoms with van der Waals surface area (Å²) in [4.78, 5) is 0. The minimum atomic E-state index is 0.353. The molecule has 0 aromatic heterocycles. The molecule has 0 saturated carbocycles. The highest BCUT2D eigenvalue weighted by Crippen LogP contribution is 2.44. The lowest BCUT2D eigenvalue weighted by Crippen LogP contribution is -2.23. The van der Waals surface area contributed by atoms with Crippen LogP contribution in [0.25, 0.3) is 5.57 Å². The van der Waals surface area contributed by atoms with Gasteiger partial charge in [-0.3, -0.25) is 0 Å². The Morgan fingerprint density at radius 3 is 2.15 bits per heavy atom. The molecule has 2 aliphatic rings. The van der Waals surface area contributed by atoms with E-state index in [1.165, 1.54) is 128 Å². The highest BCUT2D eigenvalue weighted by Gasteiger charge is 2.30. The lowest BCUT2D eigenvalue weighted by Gasteiger charge is -2.35. The Labute approximate surface area is 325 Å². The molecule has 0 nitrogen and oxygen atoms in total. The van der Waals surface area contributed by atoms with Crippen molar-refractivity contribution in [2.45, 2.75) is 185 Å². The third-order valence-corrected chi connectivity index (χ3v) is 13.3. The molecule has 2 unspecified atom stereocenters. The maximum Gasteiger partial charge on any atom is -0.00229 e. The van der Waals surface area contributed by atoms with Crippen LogP contribution in [0.15, 0.2) is 89.6 Å². The molecule has 3 rings (SSSR count). The molecule has 1 aromatic rings. The van der Waals surface area contributed by atoms with Gasteiger partial charge in [0.1, 0.15) is 0 Å². The first-order valence-corrected chi connectivity index (χ1v) is 21.9. The zero-order valence-electron chi connectivity index (χ0n) is 36.7. The average Bonchev–Trinajstić information content (AvgIpc) is 3.49. The Kier molecular flexibility index (Phi) is 20.1. The molecule has 0 radical (unpaired) electrons. The van der Waals surface area contributed by atoms with Gasteiger partial charge in [-0.15, -0.1) is 0 Å². The number of hydrogen-bond donors (Lipinski definition) is 0. The minimum absolute atomic E-state index is 0.353. The van der Waals surface area contributed by atoms with Gasteiger partial charge < -0.3 is 0 Å². The highest BCUT2D eigenvalue weighted by atomic mass is 14.3. The van der Waals surface area contributed by atoms with Crippen LogP contribution in [0.5, 0.6) is 0 Å². The Hall–Kier alpha value is -2.34. The SMILES string of the molecule is C=C1CC(C(=C)C(C)[C@H](CCCCCC(C)CCC)c2cccc(C(=C)CC)c2)=C/C1=C/C1=C(C)CC[C@H](C(C)(C)C)C1.CCC(CC)[C@@H](C)CC. The molecule has 0 spiro atoms. The Bertz CT molecular complexity index is 1360. The predicted octanol–water partition coefficient (Wildman–Crippen LogP) is 17.2. The zero-order chi connectivity index (χ0) is 39.0. The number of allylic oxidation sites excluding steroid dienone is 9. The molecule has 52 heavy (non-hydrogen) atoms. The van der Waals surface area contributed by atoms with Crippen molar-refractivity contribution in [3.8, 4) is 0 Å². The van der Waals surface area contributed by atoms with Crippen molar-refractivity contribution in [1.29, 1.82) is 0 Å². The summed E-state index contributed by atoms with van der Waals surface area (Å²) in [5.41, 5.74) is 12.7. The van der Waals surface area contributed by atoms with E-state index in [9.17, 15) is 0 Å². The van der Waals surface area contributed by atoms with Gasteiger partial charge in [-0.25, -0.2) is 0 Å². The summed E-state index contributed by atoms with van der Waals surface area (Å²) in [6, 6.07) is 9.24. The standard InChI is InChI=1S/C43H64.C9H20/c1-12-18-30(3)19-15-14-16-22-42(37-21-17-20-36(26-37)31(4)13-2)35(8)34(7)40-25-33(6)38(28-40)27-39-29-41(43(9,10)11)24-23-32(39)5;1-5-8(4)9(6-2)7-3/h17,20-21,26-28,30,35,41-42H,4,6-7,12-16,18-19,22-25,29H2,1-3,5,8-11H3;8-9H,5-7H2,1-4H3/b38-27-;/t30?,35?,41-,42-;8-/m00/s1. The molecule has 0 aliphatic heterocycles. The number of benzene rings is 1. The number of unbranched alkanes of at least 4 members (excludes halogenated alkanes) is 2. The molecule has 1 aromatic carbocycles. The van der Waals surface area contributed by atoms with Crippen LogP contribution in [0.4, 0.5) is 0 Å².